The Kier molecular flexibility index (Phi) is 442. The molecule has 0 radical (unpaired) electrons. The summed E-state index contributed by atoms with van der Waals surface area (Å²) in [6.45, 7) is 0. The van der Waals surface area contributed by atoms with Gasteiger partial charge in [-0.05, 0) is 0 Å². The zero-order valence-corrected chi connectivity index (χ0v) is 4.30. The van der Waals surface area contributed by atoms with Crippen LogP contribution in [0.4, 0.5) is 0 Å². The predicted octanol–water partition coefficient (Wildman–Crippen LogP) is -2.85. The number of hydrogen-bond acceptors (Lipinski definition) is 2. The maximum Gasteiger partial charge on any atom is 1.00 e. The molecule has 4 heteroatoms. The van der Waals surface area contributed by atoms with E-state index in [-0.39, 0.29) is 35.0 Å². The van der Waals surface area contributed by atoms with Crippen molar-refractivity contribution in [1.82, 2.24) is 0 Å². The maximum absolute atomic E-state index is 7.25. The van der Waals surface area contributed by atoms with E-state index in [0.29, 0.717) is 0 Å². The number of rotatable bonds is 0. The molecule has 0 spiro atoms. The van der Waals surface area contributed by atoms with Crippen LogP contribution in [0.25, 0.3) is 5.59 Å². The van der Waals surface area contributed by atoms with Gasteiger partial charge in [-0.25, -0.2) is 0 Å². The summed E-state index contributed by atoms with van der Waals surface area (Å²) in [5.74, 6) is 0. The molecule has 4 heavy (non-hydrogen) atoms. The first-order chi connectivity index (χ1) is 1.00. The van der Waals surface area contributed by atoms with Gasteiger partial charge in [0.2, 0.25) is 0 Å². The summed E-state index contributed by atoms with van der Waals surface area (Å²) in [6.07, 6.45) is 0. The van der Waals surface area contributed by atoms with Crippen LogP contribution in [0.2, 0.25) is 0 Å². The van der Waals surface area contributed by atoms with Crippen LogP contribution >= 0.6 is 0 Å². The zero-order valence-electron chi connectivity index (χ0n) is 2.30. The quantitative estimate of drug-likeness (QED) is 0.288. The van der Waals surface area contributed by atoms with E-state index in [2.05, 4.69) is 0 Å². The largest absolute Gasteiger partial charge is 1.00 e. The fourth-order valence-electron chi connectivity index (χ4n) is 0. The Bertz CT molecular complexity index is 6.00. The van der Waals surface area contributed by atoms with Crippen molar-refractivity contribution in [2.45, 2.75) is 0 Å². The molecule has 0 amide bonds. The van der Waals surface area contributed by atoms with Gasteiger partial charge in [-0.1, -0.05) is 0 Å². The third-order valence-electron chi connectivity index (χ3n) is 0. The SMILES string of the molecule is [N-]=O.[Na+].[OH-]. The van der Waals surface area contributed by atoms with Crippen molar-refractivity contribution < 1.29 is 35.0 Å². The molecule has 0 unspecified atom stereocenters. The molecule has 3 nitrogen and oxygen atoms in total. The van der Waals surface area contributed by atoms with Crippen molar-refractivity contribution in [3.05, 3.63) is 10.5 Å². The first kappa shape index (κ1) is 23.7. The summed E-state index contributed by atoms with van der Waals surface area (Å²) >= 11 is 0. The van der Waals surface area contributed by atoms with Crippen molar-refractivity contribution >= 4 is 0 Å². The normalized spacial score (nSPS) is 1.00. The molecule has 0 aliphatic carbocycles. The fourth-order valence-corrected chi connectivity index (χ4v) is 0. The van der Waals surface area contributed by atoms with Crippen molar-refractivity contribution in [2.75, 3.05) is 0 Å². The summed E-state index contributed by atoms with van der Waals surface area (Å²) < 4.78 is 0. The van der Waals surface area contributed by atoms with Gasteiger partial charge in [-0.15, -0.1) is 0 Å². The van der Waals surface area contributed by atoms with E-state index < -0.39 is 0 Å². The van der Waals surface area contributed by atoms with E-state index in [0.717, 1.165) is 0 Å². The molecule has 0 rings (SSSR count). The molecule has 0 aliphatic heterocycles. The Morgan fingerprint density at radius 1 is 1.25 bits per heavy atom. The van der Waals surface area contributed by atoms with Crippen LogP contribution in [0.1, 0.15) is 0 Å². The van der Waals surface area contributed by atoms with Crippen molar-refractivity contribution in [3.8, 4) is 0 Å². The molecule has 0 bridgehead atoms. The minimum absolute atomic E-state index is 0. The number of nitroso groups, excluding NO2 is 1. The Labute approximate surface area is 45.8 Å². The summed E-state index contributed by atoms with van der Waals surface area (Å²) in [5.41, 5.74) is 5.75. The molecule has 0 aromatic heterocycles. The average Bonchev–Trinajstić information content (AvgIpc) is 1.00. The maximum atomic E-state index is 7.25. The van der Waals surface area contributed by atoms with E-state index in [1.165, 1.54) is 0 Å². The van der Waals surface area contributed by atoms with Gasteiger partial charge in [0, 0.05) is 0 Å². The smallest absolute Gasteiger partial charge is 0.870 e. The monoisotopic (exact) mass is 70.0 g/mol. The van der Waals surface area contributed by atoms with Gasteiger partial charge in [0.15, 0.2) is 0 Å². The third kappa shape index (κ3) is 19.9. The van der Waals surface area contributed by atoms with E-state index in [1.54, 1.807) is 0 Å². The van der Waals surface area contributed by atoms with Crippen molar-refractivity contribution in [3.63, 3.8) is 0 Å². The van der Waals surface area contributed by atoms with Crippen LogP contribution in [-0.4, -0.2) is 5.48 Å². The Hall–Kier alpha value is 0.560. The molecule has 0 atom stereocenters. The predicted molar refractivity (Wildman–Crippen MR) is 8.66 cm³/mol. The number of nitrogens with zero attached hydrogens (tertiary/aromatic N) is 1. The van der Waals surface area contributed by atoms with Crippen LogP contribution in [0.5, 0.6) is 0 Å². The molecule has 0 saturated carbocycles. The molecular weight excluding hydrogens is 69.0 g/mol. The summed E-state index contributed by atoms with van der Waals surface area (Å²) in [5, 5.41) is 0. The van der Waals surface area contributed by atoms with Gasteiger partial charge in [0.1, 0.15) is 0 Å². The minimum atomic E-state index is 0. The molecule has 0 aromatic rings. The van der Waals surface area contributed by atoms with Gasteiger partial charge >= 0.3 is 29.6 Å². The molecule has 0 saturated heterocycles. The fraction of sp³-hybridized carbons (Fsp3) is 0. The molecule has 20 valence electrons. The van der Waals surface area contributed by atoms with E-state index in [4.69, 9.17) is 10.5 Å². The summed E-state index contributed by atoms with van der Waals surface area (Å²) in [6, 6.07) is 0. The summed E-state index contributed by atoms with van der Waals surface area (Å²) in [4.78, 5) is 7.25. The first-order valence-corrected chi connectivity index (χ1v) is 0.183. The van der Waals surface area contributed by atoms with Gasteiger partial charge in [-0.2, -0.15) is 0 Å². The standard InChI is InChI=1S/NO.Na.H2O/c1-2;;/h;;1H2/q-1;+1;/p-1. The van der Waals surface area contributed by atoms with Crippen molar-refractivity contribution in [1.29, 1.82) is 0 Å². The topological polar surface area (TPSA) is 69.4 Å². The van der Waals surface area contributed by atoms with Gasteiger partial charge < -0.3 is 16.0 Å². The Morgan fingerprint density at radius 2 is 1.25 bits per heavy atom. The van der Waals surface area contributed by atoms with Crippen LogP contribution < -0.4 is 29.6 Å². The molecule has 0 heterocycles. The second-order valence-electron chi connectivity index (χ2n) is 0. The minimum Gasteiger partial charge on any atom is -0.870 e. The molecule has 0 aliphatic rings. The van der Waals surface area contributed by atoms with Gasteiger partial charge in [0.25, 0.3) is 0 Å². The van der Waals surface area contributed by atoms with E-state index in [1.807, 2.05) is 0 Å². The number of hydrogen-bond donors (Lipinski definition) is 0. The van der Waals surface area contributed by atoms with Gasteiger partial charge in [0.05, 0.1) is 0 Å². The van der Waals surface area contributed by atoms with Crippen LogP contribution in [0.15, 0.2) is 0 Å². The van der Waals surface area contributed by atoms with Crippen LogP contribution in [-0.2, 0) is 0 Å². The Morgan fingerprint density at radius 3 is 1.25 bits per heavy atom. The van der Waals surface area contributed by atoms with Crippen molar-refractivity contribution in [2.24, 2.45) is 0 Å². The second kappa shape index (κ2) is 74.4. The van der Waals surface area contributed by atoms with Gasteiger partial charge in [-0.3, -0.25) is 0 Å². The van der Waals surface area contributed by atoms with Crippen LogP contribution in [0, 0.1) is 4.91 Å². The Balaban J connectivity index is -0.00000000500. The molecule has 0 fully saturated rings. The molecule has 0 aromatic carbocycles. The summed E-state index contributed by atoms with van der Waals surface area (Å²) in [7, 11) is 0. The van der Waals surface area contributed by atoms with E-state index in [9.17, 15) is 0 Å². The van der Waals surface area contributed by atoms with E-state index >= 15 is 0 Å². The zero-order chi connectivity index (χ0) is 2.00. The second-order valence-corrected chi connectivity index (χ2v) is 0. The third-order valence-corrected chi connectivity index (χ3v) is 0. The molecular formula is HNNaO2-. The average molecular weight is 70.0 g/mol. The van der Waals surface area contributed by atoms with Crippen LogP contribution in [0.3, 0.4) is 0 Å². The first-order valence-electron chi connectivity index (χ1n) is 0.183. The molecule has 1 N–H and O–H groups in total.